The quantitative estimate of drug-likeness (QED) is 0.486. The predicted octanol–water partition coefficient (Wildman–Crippen LogP) is 2.50. The first-order chi connectivity index (χ1) is 8.22. The molecule has 1 heterocycles. The van der Waals surface area contributed by atoms with Crippen LogP contribution in [0.3, 0.4) is 0 Å². The number of para-hydroxylation sites is 1. The zero-order valence-corrected chi connectivity index (χ0v) is 9.94. The molecule has 0 radical (unpaired) electrons. The first-order valence-electron chi connectivity index (χ1n) is 5.42. The highest BCUT2D eigenvalue weighted by Crippen LogP contribution is 2.18. The van der Waals surface area contributed by atoms with E-state index in [1.54, 1.807) is 6.19 Å². The molecule has 0 aliphatic rings. The molecular formula is C13H14N4. The van der Waals surface area contributed by atoms with Gasteiger partial charge >= 0.3 is 0 Å². The van der Waals surface area contributed by atoms with Crippen LogP contribution in [0.25, 0.3) is 10.9 Å². The first kappa shape index (κ1) is 11.2. The van der Waals surface area contributed by atoms with E-state index in [1.165, 1.54) is 10.9 Å². The Kier molecular flexibility index (Phi) is 3.10. The minimum Gasteiger partial charge on any atom is -0.361 e. The van der Waals surface area contributed by atoms with Gasteiger partial charge in [-0.3, -0.25) is 0 Å². The van der Waals surface area contributed by atoms with E-state index in [1.807, 2.05) is 37.2 Å². The van der Waals surface area contributed by atoms with Crippen molar-refractivity contribution in [2.45, 2.75) is 13.5 Å². The van der Waals surface area contributed by atoms with E-state index >= 15 is 0 Å². The maximum absolute atomic E-state index is 8.51. The molecule has 0 unspecified atom stereocenters. The Hall–Kier alpha value is -2.28. The minimum atomic E-state index is 0.720. The second-order valence-electron chi connectivity index (χ2n) is 3.97. The summed E-state index contributed by atoms with van der Waals surface area (Å²) >= 11 is 0. The summed E-state index contributed by atoms with van der Waals surface area (Å²) in [6.45, 7) is 2.57. The van der Waals surface area contributed by atoms with E-state index in [4.69, 9.17) is 5.26 Å². The van der Waals surface area contributed by atoms with Gasteiger partial charge in [-0.15, -0.1) is 0 Å². The number of amidine groups is 1. The van der Waals surface area contributed by atoms with Crippen molar-refractivity contribution in [2.75, 3.05) is 7.05 Å². The third-order valence-electron chi connectivity index (χ3n) is 2.85. The average Bonchev–Trinajstić information content (AvgIpc) is 2.73. The van der Waals surface area contributed by atoms with Crippen LogP contribution in [0.4, 0.5) is 0 Å². The van der Waals surface area contributed by atoms with E-state index in [-0.39, 0.29) is 0 Å². The lowest BCUT2D eigenvalue weighted by Gasteiger charge is -2.16. The van der Waals surface area contributed by atoms with E-state index < -0.39 is 0 Å². The largest absolute Gasteiger partial charge is 0.361 e. The zero-order chi connectivity index (χ0) is 12.3. The summed E-state index contributed by atoms with van der Waals surface area (Å²) in [5.74, 6) is 0.720. The van der Waals surface area contributed by atoms with Gasteiger partial charge in [0.05, 0.1) is 0 Å². The zero-order valence-electron chi connectivity index (χ0n) is 9.94. The summed E-state index contributed by atoms with van der Waals surface area (Å²) < 4.78 is 0. The van der Waals surface area contributed by atoms with Crippen LogP contribution >= 0.6 is 0 Å². The number of nitriles is 1. The summed E-state index contributed by atoms with van der Waals surface area (Å²) in [5.41, 5.74) is 2.33. The molecule has 0 aliphatic heterocycles. The number of hydrogen-bond acceptors (Lipinski definition) is 2. The van der Waals surface area contributed by atoms with Gasteiger partial charge in [0.2, 0.25) is 6.19 Å². The molecule has 86 valence electrons. The predicted molar refractivity (Wildman–Crippen MR) is 68.5 cm³/mol. The maximum atomic E-state index is 8.51. The Labute approximate surface area is 100 Å². The lowest BCUT2D eigenvalue weighted by Crippen LogP contribution is -2.23. The summed E-state index contributed by atoms with van der Waals surface area (Å²) in [7, 11) is 1.93. The molecule has 1 aromatic carbocycles. The topological polar surface area (TPSA) is 55.2 Å². The Morgan fingerprint density at radius 3 is 3.00 bits per heavy atom. The molecule has 1 aromatic heterocycles. The van der Waals surface area contributed by atoms with Crippen molar-refractivity contribution in [2.24, 2.45) is 4.99 Å². The van der Waals surface area contributed by atoms with Gasteiger partial charge in [0.15, 0.2) is 0 Å². The van der Waals surface area contributed by atoms with Crippen LogP contribution in [0.15, 0.2) is 35.5 Å². The Bertz CT molecular complexity index is 589. The van der Waals surface area contributed by atoms with Gasteiger partial charge in [-0.05, 0) is 18.6 Å². The van der Waals surface area contributed by atoms with Crippen LogP contribution < -0.4 is 0 Å². The number of fused-ring (bicyclic) bond motifs is 1. The molecule has 0 amide bonds. The van der Waals surface area contributed by atoms with Crippen molar-refractivity contribution in [3.8, 4) is 6.19 Å². The molecule has 0 saturated carbocycles. The highest BCUT2D eigenvalue weighted by molar-refractivity contribution is 5.84. The fourth-order valence-corrected chi connectivity index (χ4v) is 1.79. The fraction of sp³-hybridized carbons (Fsp3) is 0.231. The number of aromatic nitrogens is 1. The van der Waals surface area contributed by atoms with Gasteiger partial charge < -0.3 is 9.88 Å². The standard InChI is InChI=1S/C13H14N4/c1-10(16-9-14)17(2)8-11-7-15-13-6-4-3-5-12(11)13/h3-7,15H,8H2,1-2H3. The molecule has 0 aliphatic carbocycles. The van der Waals surface area contributed by atoms with Gasteiger partial charge in [-0.1, -0.05) is 18.2 Å². The highest BCUT2D eigenvalue weighted by atomic mass is 15.2. The van der Waals surface area contributed by atoms with E-state index in [0.29, 0.717) is 0 Å². The summed E-state index contributed by atoms with van der Waals surface area (Å²) in [6, 6.07) is 8.17. The van der Waals surface area contributed by atoms with Crippen molar-refractivity contribution >= 4 is 16.7 Å². The molecule has 0 spiro atoms. The van der Waals surface area contributed by atoms with Crippen LogP contribution in [0.5, 0.6) is 0 Å². The third-order valence-corrected chi connectivity index (χ3v) is 2.85. The number of rotatable bonds is 2. The van der Waals surface area contributed by atoms with Crippen molar-refractivity contribution in [3.63, 3.8) is 0 Å². The van der Waals surface area contributed by atoms with Crippen molar-refractivity contribution in [1.29, 1.82) is 5.26 Å². The molecule has 4 nitrogen and oxygen atoms in total. The lowest BCUT2D eigenvalue weighted by atomic mass is 10.1. The van der Waals surface area contributed by atoms with E-state index in [0.717, 1.165) is 17.9 Å². The molecule has 17 heavy (non-hydrogen) atoms. The van der Waals surface area contributed by atoms with Crippen molar-refractivity contribution in [3.05, 3.63) is 36.0 Å². The Morgan fingerprint density at radius 2 is 2.24 bits per heavy atom. The number of hydrogen-bond donors (Lipinski definition) is 1. The van der Waals surface area contributed by atoms with Gasteiger partial charge in [0, 0.05) is 30.7 Å². The molecule has 0 bridgehead atoms. The number of aliphatic imine (C=N–C) groups is 1. The minimum absolute atomic E-state index is 0.720. The first-order valence-corrected chi connectivity index (χ1v) is 5.42. The van der Waals surface area contributed by atoms with Gasteiger partial charge in [-0.25, -0.2) is 0 Å². The number of nitrogens with zero attached hydrogens (tertiary/aromatic N) is 3. The van der Waals surface area contributed by atoms with Crippen LogP contribution in [0.2, 0.25) is 0 Å². The molecule has 0 fully saturated rings. The SMILES string of the molecule is CC(=NC#N)N(C)Cc1c[nH]c2ccccc12. The number of nitrogens with one attached hydrogen (secondary N) is 1. The number of H-pyrrole nitrogens is 1. The molecule has 0 atom stereocenters. The molecular weight excluding hydrogens is 212 g/mol. The molecule has 4 heteroatoms. The van der Waals surface area contributed by atoms with Crippen molar-refractivity contribution < 1.29 is 0 Å². The average molecular weight is 226 g/mol. The highest BCUT2D eigenvalue weighted by Gasteiger charge is 2.07. The van der Waals surface area contributed by atoms with Crippen LogP contribution in [-0.4, -0.2) is 22.8 Å². The summed E-state index contributed by atoms with van der Waals surface area (Å²) in [5, 5.41) is 9.73. The van der Waals surface area contributed by atoms with E-state index in [2.05, 4.69) is 22.1 Å². The third kappa shape index (κ3) is 2.28. The monoisotopic (exact) mass is 226 g/mol. The van der Waals surface area contributed by atoms with Crippen LogP contribution in [0, 0.1) is 11.5 Å². The second kappa shape index (κ2) is 4.71. The molecule has 2 rings (SSSR count). The molecule has 1 N–H and O–H groups in total. The molecule has 2 aromatic rings. The molecule has 0 saturated heterocycles. The number of aromatic amines is 1. The second-order valence-corrected chi connectivity index (χ2v) is 3.97. The van der Waals surface area contributed by atoms with E-state index in [9.17, 15) is 0 Å². The fourth-order valence-electron chi connectivity index (χ4n) is 1.79. The maximum Gasteiger partial charge on any atom is 0.207 e. The normalized spacial score (nSPS) is 11.5. The summed E-state index contributed by atoms with van der Waals surface area (Å²) in [4.78, 5) is 8.91. The number of benzene rings is 1. The lowest BCUT2D eigenvalue weighted by molar-refractivity contribution is 0.500. The Balaban J connectivity index is 2.25. The van der Waals surface area contributed by atoms with Crippen LogP contribution in [-0.2, 0) is 6.54 Å². The van der Waals surface area contributed by atoms with Crippen molar-refractivity contribution in [1.82, 2.24) is 9.88 Å². The summed E-state index contributed by atoms with van der Waals surface area (Å²) in [6.07, 6.45) is 3.80. The van der Waals surface area contributed by atoms with Gasteiger partial charge in [0.25, 0.3) is 0 Å². The van der Waals surface area contributed by atoms with Gasteiger partial charge in [0.1, 0.15) is 5.84 Å². The van der Waals surface area contributed by atoms with Crippen LogP contribution in [0.1, 0.15) is 12.5 Å². The van der Waals surface area contributed by atoms with Gasteiger partial charge in [-0.2, -0.15) is 10.3 Å². The Morgan fingerprint density at radius 1 is 1.47 bits per heavy atom. The smallest absolute Gasteiger partial charge is 0.207 e.